The van der Waals surface area contributed by atoms with E-state index in [-0.39, 0.29) is 18.2 Å². The second kappa shape index (κ2) is 8.12. The molecule has 3 amide bonds. The minimum Gasteiger partial charge on any atom is -0.467 e. The SMILES string of the molecule is Cc1cc(C(=O)CN2C(=O)N[C@H](Cc3c[nH]c4ccccc34)C2=O)c(C)n1Cc1ccco1. The highest BCUT2D eigenvalue weighted by Crippen LogP contribution is 2.22. The van der Waals surface area contributed by atoms with E-state index in [2.05, 4.69) is 10.3 Å². The van der Waals surface area contributed by atoms with E-state index >= 15 is 0 Å². The molecule has 8 nitrogen and oxygen atoms in total. The Hall–Kier alpha value is -4.07. The van der Waals surface area contributed by atoms with Crippen LogP contribution >= 0.6 is 0 Å². The Labute approximate surface area is 190 Å². The van der Waals surface area contributed by atoms with Crippen molar-refractivity contribution in [2.45, 2.75) is 32.9 Å². The molecule has 8 heteroatoms. The maximum Gasteiger partial charge on any atom is 0.325 e. The molecule has 168 valence electrons. The zero-order valence-corrected chi connectivity index (χ0v) is 18.4. The van der Waals surface area contributed by atoms with Crippen molar-refractivity contribution < 1.29 is 18.8 Å². The van der Waals surface area contributed by atoms with Gasteiger partial charge in [0.05, 0.1) is 19.4 Å². The van der Waals surface area contributed by atoms with E-state index in [4.69, 9.17) is 4.42 Å². The van der Waals surface area contributed by atoms with Gasteiger partial charge >= 0.3 is 6.03 Å². The molecule has 0 spiro atoms. The first kappa shape index (κ1) is 20.8. The van der Waals surface area contributed by atoms with Crippen molar-refractivity contribution in [2.24, 2.45) is 0 Å². The quantitative estimate of drug-likeness (QED) is 0.336. The summed E-state index contributed by atoms with van der Waals surface area (Å²) in [7, 11) is 0. The van der Waals surface area contributed by atoms with Gasteiger partial charge in [-0.05, 0) is 43.7 Å². The van der Waals surface area contributed by atoms with E-state index in [9.17, 15) is 14.4 Å². The van der Waals surface area contributed by atoms with Gasteiger partial charge in [-0.1, -0.05) is 18.2 Å². The average Bonchev–Trinajstić information content (AvgIpc) is 3.57. The van der Waals surface area contributed by atoms with Crippen LogP contribution in [0, 0.1) is 13.8 Å². The number of fused-ring (bicyclic) bond motifs is 1. The molecule has 0 unspecified atom stereocenters. The Bertz CT molecular complexity index is 1360. The number of ketones is 1. The molecular weight excluding hydrogens is 420 g/mol. The molecule has 1 aliphatic heterocycles. The van der Waals surface area contributed by atoms with Crippen LogP contribution in [0.4, 0.5) is 4.79 Å². The summed E-state index contributed by atoms with van der Waals surface area (Å²) in [6.07, 6.45) is 3.82. The number of aromatic amines is 1. The number of hydrogen-bond acceptors (Lipinski definition) is 4. The summed E-state index contributed by atoms with van der Waals surface area (Å²) in [6.45, 7) is 3.99. The summed E-state index contributed by atoms with van der Waals surface area (Å²) in [5, 5.41) is 3.74. The zero-order chi connectivity index (χ0) is 23.1. The summed E-state index contributed by atoms with van der Waals surface area (Å²) in [5.74, 6) is 0.123. The normalized spacial score (nSPS) is 16.1. The van der Waals surface area contributed by atoms with Crippen LogP contribution in [0.3, 0.4) is 0 Å². The monoisotopic (exact) mass is 444 g/mol. The number of carbonyl (C=O) groups is 3. The molecule has 1 aliphatic rings. The summed E-state index contributed by atoms with van der Waals surface area (Å²) in [5.41, 5.74) is 4.10. The number of hydrogen-bond donors (Lipinski definition) is 2. The van der Waals surface area contributed by atoms with E-state index in [1.54, 1.807) is 12.3 Å². The number of furan rings is 1. The Morgan fingerprint density at radius 2 is 1.94 bits per heavy atom. The molecule has 33 heavy (non-hydrogen) atoms. The van der Waals surface area contributed by atoms with Gasteiger partial charge in [0, 0.05) is 40.5 Å². The second-order valence-corrected chi connectivity index (χ2v) is 8.36. The fraction of sp³-hybridized carbons (Fsp3) is 0.240. The number of para-hydroxylation sites is 1. The number of Topliss-reactive ketones (excluding diaryl/α,β-unsaturated/α-hetero) is 1. The van der Waals surface area contributed by atoms with Gasteiger partial charge in [0.1, 0.15) is 11.8 Å². The highest BCUT2D eigenvalue weighted by atomic mass is 16.3. The minimum atomic E-state index is -0.698. The molecule has 0 radical (unpaired) electrons. The Morgan fingerprint density at radius 3 is 2.73 bits per heavy atom. The van der Waals surface area contributed by atoms with Gasteiger partial charge in [-0.25, -0.2) is 4.79 Å². The predicted molar refractivity (Wildman–Crippen MR) is 122 cm³/mol. The molecule has 0 saturated carbocycles. The van der Waals surface area contributed by atoms with Gasteiger partial charge in [0.15, 0.2) is 5.78 Å². The zero-order valence-electron chi connectivity index (χ0n) is 18.4. The van der Waals surface area contributed by atoms with E-state index < -0.39 is 12.1 Å². The number of urea groups is 1. The third kappa shape index (κ3) is 3.73. The van der Waals surface area contributed by atoms with Gasteiger partial charge < -0.3 is 19.3 Å². The van der Waals surface area contributed by atoms with Crippen LogP contribution in [-0.2, 0) is 17.8 Å². The average molecular weight is 444 g/mol. The van der Waals surface area contributed by atoms with Crippen LogP contribution in [0.2, 0.25) is 0 Å². The van der Waals surface area contributed by atoms with E-state index in [0.717, 1.165) is 38.5 Å². The topological polar surface area (TPSA) is 100 Å². The number of nitrogens with zero attached hydrogens (tertiary/aromatic N) is 2. The molecule has 2 N–H and O–H groups in total. The second-order valence-electron chi connectivity index (χ2n) is 8.36. The molecule has 4 aromatic rings. The summed E-state index contributed by atoms with van der Waals surface area (Å²) >= 11 is 0. The summed E-state index contributed by atoms with van der Waals surface area (Å²) < 4.78 is 7.40. The number of nitrogens with one attached hydrogen (secondary N) is 2. The first-order chi connectivity index (χ1) is 15.9. The summed E-state index contributed by atoms with van der Waals surface area (Å²) in [6, 6.07) is 12.1. The van der Waals surface area contributed by atoms with Crippen LogP contribution in [0.25, 0.3) is 10.9 Å². The van der Waals surface area contributed by atoms with Gasteiger partial charge in [-0.3, -0.25) is 14.5 Å². The molecule has 0 aliphatic carbocycles. The molecule has 4 heterocycles. The Balaban J connectivity index is 1.31. The van der Waals surface area contributed by atoms with Gasteiger partial charge in [-0.15, -0.1) is 0 Å². The first-order valence-corrected chi connectivity index (χ1v) is 10.8. The lowest BCUT2D eigenvalue weighted by Crippen LogP contribution is -2.36. The van der Waals surface area contributed by atoms with Crippen molar-refractivity contribution >= 4 is 28.6 Å². The highest BCUT2D eigenvalue weighted by molar-refractivity contribution is 6.09. The number of benzene rings is 1. The molecule has 3 aromatic heterocycles. The van der Waals surface area contributed by atoms with Gasteiger partial charge in [-0.2, -0.15) is 0 Å². The van der Waals surface area contributed by atoms with Crippen molar-refractivity contribution in [2.75, 3.05) is 6.54 Å². The lowest BCUT2D eigenvalue weighted by molar-refractivity contribution is -0.127. The van der Waals surface area contributed by atoms with Crippen molar-refractivity contribution in [1.82, 2.24) is 19.8 Å². The van der Waals surface area contributed by atoms with Gasteiger partial charge in [0.25, 0.3) is 5.91 Å². The van der Waals surface area contributed by atoms with Crippen molar-refractivity contribution in [3.8, 4) is 0 Å². The molecule has 1 aromatic carbocycles. The van der Waals surface area contributed by atoms with Crippen LogP contribution in [0.1, 0.15) is 33.1 Å². The first-order valence-electron chi connectivity index (χ1n) is 10.8. The van der Waals surface area contributed by atoms with E-state index in [1.165, 1.54) is 0 Å². The van der Waals surface area contributed by atoms with Crippen LogP contribution in [0.5, 0.6) is 0 Å². The Kier molecular flexibility index (Phi) is 5.12. The van der Waals surface area contributed by atoms with Crippen molar-refractivity contribution in [1.29, 1.82) is 0 Å². The molecule has 1 fully saturated rings. The highest BCUT2D eigenvalue weighted by Gasteiger charge is 2.39. The maximum atomic E-state index is 13.1. The summed E-state index contributed by atoms with van der Waals surface area (Å²) in [4.78, 5) is 42.8. The molecular formula is C25H24N4O4. The number of aryl methyl sites for hydroxylation is 1. The van der Waals surface area contributed by atoms with Crippen LogP contribution in [-0.4, -0.2) is 44.8 Å². The largest absolute Gasteiger partial charge is 0.467 e. The number of H-pyrrole nitrogens is 1. The van der Waals surface area contributed by atoms with E-state index in [1.807, 2.05) is 61.0 Å². The standard InChI is InChI=1S/C25H24N4O4/c1-15-10-20(16(2)28(15)13-18-6-5-9-33-18)23(30)14-29-24(31)22(27-25(29)32)11-17-12-26-21-8-4-3-7-19(17)21/h3-10,12,22,26H,11,13-14H2,1-2H3,(H,27,32)/t22-/m1/s1. The molecule has 5 rings (SSSR count). The third-order valence-electron chi connectivity index (χ3n) is 6.28. The van der Waals surface area contributed by atoms with Crippen molar-refractivity contribution in [3.63, 3.8) is 0 Å². The fourth-order valence-corrected chi connectivity index (χ4v) is 4.50. The van der Waals surface area contributed by atoms with E-state index in [0.29, 0.717) is 18.5 Å². The lowest BCUT2D eigenvalue weighted by atomic mass is 10.0. The smallest absolute Gasteiger partial charge is 0.325 e. The Morgan fingerprint density at radius 1 is 1.12 bits per heavy atom. The fourth-order valence-electron chi connectivity index (χ4n) is 4.50. The third-order valence-corrected chi connectivity index (χ3v) is 6.28. The number of rotatable bonds is 7. The number of aromatic nitrogens is 2. The number of carbonyl (C=O) groups excluding carboxylic acids is 3. The van der Waals surface area contributed by atoms with Crippen LogP contribution < -0.4 is 5.32 Å². The van der Waals surface area contributed by atoms with Gasteiger partial charge in [0.2, 0.25) is 0 Å². The van der Waals surface area contributed by atoms with Crippen molar-refractivity contribution in [3.05, 3.63) is 83.2 Å². The number of amides is 3. The number of imide groups is 1. The minimum absolute atomic E-state index is 0.273. The van der Waals surface area contributed by atoms with Crippen LogP contribution in [0.15, 0.2) is 59.3 Å². The molecule has 1 atom stereocenters. The lowest BCUT2D eigenvalue weighted by Gasteiger charge is -2.13. The molecule has 1 saturated heterocycles. The predicted octanol–water partition coefficient (Wildman–Crippen LogP) is 3.57. The maximum absolute atomic E-state index is 13.1. The molecule has 0 bridgehead atoms.